The van der Waals surface area contributed by atoms with Crippen molar-refractivity contribution in [1.82, 2.24) is 0 Å². The molecule has 0 aliphatic heterocycles. The Kier molecular flexibility index (Phi) is 4.58. The molecule has 3 aromatic carbocycles. The van der Waals surface area contributed by atoms with Crippen LogP contribution in [0.4, 0.5) is 8.78 Å². The maximum atomic E-state index is 13.9. The molecule has 0 radical (unpaired) electrons. The number of hydrogen-bond donors (Lipinski definition) is 0. The van der Waals surface area contributed by atoms with Gasteiger partial charge in [0.25, 0.3) is 0 Å². The summed E-state index contributed by atoms with van der Waals surface area (Å²) in [5.74, 6) is -0.428. The molecule has 0 N–H and O–H groups in total. The Hall–Kier alpha value is -2.48. The summed E-state index contributed by atoms with van der Waals surface area (Å²) >= 11 is 0. The normalized spacial score (nSPS) is 20.2. The molecular weight excluding hydrogens is 326 g/mol. The summed E-state index contributed by atoms with van der Waals surface area (Å²) in [4.78, 5) is 0. The van der Waals surface area contributed by atoms with Gasteiger partial charge in [-0.05, 0) is 65.7 Å². The number of benzene rings is 3. The first-order valence-corrected chi connectivity index (χ1v) is 9.26. The standard InChI is InChI=1S/C24H22F2/c1-2-16-3-5-17(6-4-16)18-7-9-19(10-8-18)20-11-13-22-21(15-20)12-14-23(25)24(22)26/h2-6,11-15,18-19H,1,7-10H2. The molecule has 0 atom stereocenters. The summed E-state index contributed by atoms with van der Waals surface area (Å²) in [6, 6.07) is 17.3. The first-order valence-electron chi connectivity index (χ1n) is 9.26. The third-order valence-corrected chi connectivity index (χ3v) is 5.77. The molecule has 0 spiro atoms. The van der Waals surface area contributed by atoms with E-state index in [1.807, 2.05) is 18.2 Å². The van der Waals surface area contributed by atoms with Gasteiger partial charge in [0, 0.05) is 5.39 Å². The number of fused-ring (bicyclic) bond motifs is 1. The van der Waals surface area contributed by atoms with E-state index in [-0.39, 0.29) is 0 Å². The van der Waals surface area contributed by atoms with Crippen molar-refractivity contribution in [2.24, 2.45) is 0 Å². The zero-order valence-electron chi connectivity index (χ0n) is 14.7. The average molecular weight is 348 g/mol. The van der Waals surface area contributed by atoms with E-state index >= 15 is 0 Å². The molecule has 0 aromatic heterocycles. The molecule has 0 amide bonds. The van der Waals surface area contributed by atoms with E-state index in [4.69, 9.17) is 0 Å². The van der Waals surface area contributed by atoms with Gasteiger partial charge in [-0.25, -0.2) is 8.78 Å². The third-order valence-electron chi connectivity index (χ3n) is 5.77. The van der Waals surface area contributed by atoms with Crippen LogP contribution in [-0.4, -0.2) is 0 Å². The van der Waals surface area contributed by atoms with Crippen LogP contribution in [0.15, 0.2) is 61.2 Å². The van der Waals surface area contributed by atoms with Gasteiger partial charge < -0.3 is 0 Å². The molecule has 1 aliphatic carbocycles. The zero-order chi connectivity index (χ0) is 18.1. The highest BCUT2D eigenvalue weighted by Gasteiger charge is 2.23. The lowest BCUT2D eigenvalue weighted by Crippen LogP contribution is -2.12. The predicted octanol–water partition coefficient (Wildman–Crippen LogP) is 7.20. The van der Waals surface area contributed by atoms with Crippen LogP contribution in [0, 0.1) is 11.6 Å². The lowest BCUT2D eigenvalue weighted by Gasteiger charge is -2.29. The van der Waals surface area contributed by atoms with Crippen molar-refractivity contribution in [3.63, 3.8) is 0 Å². The lowest BCUT2D eigenvalue weighted by molar-refractivity contribution is 0.396. The Labute approximate surface area is 153 Å². The maximum absolute atomic E-state index is 13.9. The van der Waals surface area contributed by atoms with Crippen molar-refractivity contribution in [1.29, 1.82) is 0 Å². The lowest BCUT2D eigenvalue weighted by atomic mass is 9.76. The molecule has 3 aromatic rings. The molecule has 0 nitrogen and oxygen atoms in total. The molecule has 0 saturated heterocycles. The number of hydrogen-bond acceptors (Lipinski definition) is 0. The van der Waals surface area contributed by atoms with E-state index in [1.165, 1.54) is 17.2 Å². The molecule has 4 rings (SSSR count). The molecule has 132 valence electrons. The van der Waals surface area contributed by atoms with Crippen LogP contribution >= 0.6 is 0 Å². The molecule has 1 saturated carbocycles. The van der Waals surface area contributed by atoms with Gasteiger partial charge >= 0.3 is 0 Å². The Morgan fingerprint density at radius 3 is 2.04 bits per heavy atom. The van der Waals surface area contributed by atoms with Crippen LogP contribution in [0.1, 0.15) is 54.2 Å². The van der Waals surface area contributed by atoms with Crippen LogP contribution in [0.25, 0.3) is 16.8 Å². The van der Waals surface area contributed by atoms with Gasteiger partial charge in [0.1, 0.15) is 0 Å². The average Bonchev–Trinajstić information content (AvgIpc) is 2.71. The Morgan fingerprint density at radius 2 is 1.38 bits per heavy atom. The predicted molar refractivity (Wildman–Crippen MR) is 104 cm³/mol. The Morgan fingerprint density at radius 1 is 0.769 bits per heavy atom. The second kappa shape index (κ2) is 7.03. The minimum Gasteiger partial charge on any atom is -0.204 e. The summed E-state index contributed by atoms with van der Waals surface area (Å²) < 4.78 is 27.3. The molecule has 0 unspecified atom stereocenters. The highest BCUT2D eigenvalue weighted by molar-refractivity contribution is 5.84. The fraction of sp³-hybridized carbons (Fsp3) is 0.250. The van der Waals surface area contributed by atoms with Crippen molar-refractivity contribution < 1.29 is 8.78 Å². The molecule has 2 heteroatoms. The van der Waals surface area contributed by atoms with Crippen molar-refractivity contribution >= 4 is 16.8 Å². The summed E-state index contributed by atoms with van der Waals surface area (Å²) in [5, 5.41) is 1.15. The Balaban J connectivity index is 1.49. The minimum atomic E-state index is -0.784. The van der Waals surface area contributed by atoms with Gasteiger partial charge in [-0.3, -0.25) is 0 Å². The van der Waals surface area contributed by atoms with Crippen LogP contribution in [0.2, 0.25) is 0 Å². The van der Waals surface area contributed by atoms with E-state index < -0.39 is 11.6 Å². The monoisotopic (exact) mass is 348 g/mol. The van der Waals surface area contributed by atoms with Gasteiger partial charge in [0.05, 0.1) is 0 Å². The van der Waals surface area contributed by atoms with Gasteiger partial charge in [-0.15, -0.1) is 0 Å². The fourth-order valence-electron chi connectivity index (χ4n) is 4.20. The first kappa shape index (κ1) is 17.0. The SMILES string of the molecule is C=Cc1ccc(C2CCC(c3ccc4c(F)c(F)ccc4c3)CC2)cc1. The number of rotatable bonds is 3. The van der Waals surface area contributed by atoms with E-state index in [0.717, 1.165) is 36.6 Å². The van der Waals surface area contributed by atoms with Gasteiger partial charge in [-0.1, -0.05) is 61.2 Å². The highest BCUT2D eigenvalue weighted by Crippen LogP contribution is 2.41. The molecular formula is C24H22F2. The van der Waals surface area contributed by atoms with Gasteiger partial charge in [-0.2, -0.15) is 0 Å². The molecule has 1 aliphatic rings. The largest absolute Gasteiger partial charge is 0.204 e. The van der Waals surface area contributed by atoms with Crippen LogP contribution < -0.4 is 0 Å². The van der Waals surface area contributed by atoms with Crippen molar-refractivity contribution in [2.45, 2.75) is 37.5 Å². The topological polar surface area (TPSA) is 0 Å². The van der Waals surface area contributed by atoms with Crippen LogP contribution in [-0.2, 0) is 0 Å². The summed E-state index contributed by atoms with van der Waals surface area (Å²) in [6.07, 6.45) is 6.45. The zero-order valence-corrected chi connectivity index (χ0v) is 14.7. The fourth-order valence-corrected chi connectivity index (χ4v) is 4.20. The van der Waals surface area contributed by atoms with E-state index in [9.17, 15) is 8.78 Å². The van der Waals surface area contributed by atoms with Gasteiger partial charge in [0.2, 0.25) is 0 Å². The second-order valence-corrected chi connectivity index (χ2v) is 7.26. The van der Waals surface area contributed by atoms with E-state index in [1.54, 1.807) is 12.1 Å². The van der Waals surface area contributed by atoms with Gasteiger partial charge in [0.15, 0.2) is 11.6 Å². The van der Waals surface area contributed by atoms with Crippen molar-refractivity contribution in [3.8, 4) is 0 Å². The van der Waals surface area contributed by atoms with Crippen LogP contribution in [0.3, 0.4) is 0 Å². The number of halogens is 2. The summed E-state index contributed by atoms with van der Waals surface area (Å²) in [5.41, 5.74) is 3.80. The second-order valence-electron chi connectivity index (χ2n) is 7.26. The summed E-state index contributed by atoms with van der Waals surface area (Å²) in [6.45, 7) is 3.80. The third kappa shape index (κ3) is 3.16. The maximum Gasteiger partial charge on any atom is 0.166 e. The molecule has 1 fully saturated rings. The Bertz CT molecular complexity index is 932. The van der Waals surface area contributed by atoms with E-state index in [0.29, 0.717) is 17.2 Å². The van der Waals surface area contributed by atoms with E-state index in [2.05, 4.69) is 30.8 Å². The molecule has 0 heterocycles. The summed E-state index contributed by atoms with van der Waals surface area (Å²) in [7, 11) is 0. The van der Waals surface area contributed by atoms with Crippen molar-refractivity contribution in [3.05, 3.63) is 89.5 Å². The van der Waals surface area contributed by atoms with Crippen molar-refractivity contribution in [2.75, 3.05) is 0 Å². The van der Waals surface area contributed by atoms with Crippen LogP contribution in [0.5, 0.6) is 0 Å². The first-order chi connectivity index (χ1) is 12.7. The molecule has 26 heavy (non-hydrogen) atoms. The highest BCUT2D eigenvalue weighted by atomic mass is 19.2. The quantitative estimate of drug-likeness (QED) is 0.469. The molecule has 0 bridgehead atoms. The smallest absolute Gasteiger partial charge is 0.166 e. The minimum absolute atomic E-state index is 0.366.